The molecule has 2 aliphatic rings. The molecule has 0 aliphatic carbocycles. The van der Waals surface area contributed by atoms with Crippen molar-refractivity contribution in [3.8, 4) is 0 Å². The van der Waals surface area contributed by atoms with Gasteiger partial charge in [-0.05, 0) is 43.9 Å². The molecule has 0 amide bonds. The van der Waals surface area contributed by atoms with Gasteiger partial charge in [0.05, 0.1) is 15.2 Å². The smallest absolute Gasteiger partial charge is 0.0985 e. The first kappa shape index (κ1) is 10.0. The van der Waals surface area contributed by atoms with Gasteiger partial charge >= 0.3 is 0 Å². The maximum Gasteiger partial charge on any atom is 0.0985 e. The molecule has 2 fully saturated rings. The first-order chi connectivity index (χ1) is 8.29. The molecule has 2 nitrogen and oxygen atoms in total. The lowest BCUT2D eigenvalue weighted by molar-refractivity contribution is 0.505. The summed E-state index contributed by atoms with van der Waals surface area (Å²) in [6.45, 7) is 2.14. The van der Waals surface area contributed by atoms with Crippen molar-refractivity contribution in [2.24, 2.45) is 0 Å². The molecule has 2 aromatic rings. The average molecular weight is 244 g/mol. The van der Waals surface area contributed by atoms with Crippen molar-refractivity contribution in [3.63, 3.8) is 0 Å². The predicted molar refractivity (Wildman–Crippen MR) is 71.7 cm³/mol. The van der Waals surface area contributed by atoms with Gasteiger partial charge in [0.15, 0.2) is 0 Å². The number of hydrogen-bond donors (Lipinski definition) is 1. The van der Waals surface area contributed by atoms with E-state index in [1.54, 1.807) is 0 Å². The first-order valence-corrected chi connectivity index (χ1v) is 7.24. The van der Waals surface area contributed by atoms with Gasteiger partial charge in [-0.1, -0.05) is 6.07 Å². The summed E-state index contributed by atoms with van der Waals surface area (Å²) in [5, 5.41) is 5.05. The number of fused-ring (bicyclic) bond motifs is 3. The fourth-order valence-electron chi connectivity index (χ4n) is 3.31. The normalized spacial score (nSPS) is 31.5. The van der Waals surface area contributed by atoms with Crippen LogP contribution >= 0.6 is 11.3 Å². The molecule has 0 radical (unpaired) electrons. The Morgan fingerprint density at radius 2 is 2.29 bits per heavy atom. The Morgan fingerprint density at radius 3 is 3.06 bits per heavy atom. The predicted octanol–water partition coefficient (Wildman–Crippen LogP) is 3.21. The summed E-state index contributed by atoms with van der Waals surface area (Å²) in [5.74, 6) is 0.673. The maximum absolute atomic E-state index is 4.85. The molecule has 0 spiro atoms. The van der Waals surface area contributed by atoms with Crippen LogP contribution in [0.4, 0.5) is 0 Å². The van der Waals surface area contributed by atoms with Crippen LogP contribution in [0.3, 0.4) is 0 Å². The molecule has 2 aliphatic heterocycles. The minimum atomic E-state index is 0.673. The third-order valence-electron chi connectivity index (χ3n) is 4.18. The van der Waals surface area contributed by atoms with Crippen molar-refractivity contribution in [3.05, 3.63) is 28.8 Å². The number of aryl methyl sites for hydroxylation is 1. The molecule has 4 rings (SSSR count). The highest BCUT2D eigenvalue weighted by Gasteiger charge is 2.41. The summed E-state index contributed by atoms with van der Waals surface area (Å²) in [6, 6.07) is 8.06. The van der Waals surface area contributed by atoms with Crippen molar-refractivity contribution < 1.29 is 0 Å². The monoisotopic (exact) mass is 244 g/mol. The fourth-order valence-corrected chi connectivity index (χ4v) is 4.44. The molecule has 17 heavy (non-hydrogen) atoms. The molecule has 3 unspecified atom stereocenters. The van der Waals surface area contributed by atoms with E-state index in [-0.39, 0.29) is 0 Å². The highest BCUT2D eigenvalue weighted by Crippen LogP contribution is 2.42. The Balaban J connectivity index is 1.76. The van der Waals surface area contributed by atoms with Crippen molar-refractivity contribution >= 4 is 21.6 Å². The van der Waals surface area contributed by atoms with Crippen molar-refractivity contribution in [1.82, 2.24) is 10.3 Å². The van der Waals surface area contributed by atoms with E-state index in [2.05, 4.69) is 30.4 Å². The Morgan fingerprint density at radius 1 is 1.35 bits per heavy atom. The van der Waals surface area contributed by atoms with Gasteiger partial charge in [-0.3, -0.25) is 0 Å². The molecule has 3 heterocycles. The minimum Gasteiger partial charge on any atom is -0.311 e. The van der Waals surface area contributed by atoms with Crippen LogP contribution in [-0.2, 0) is 0 Å². The van der Waals surface area contributed by atoms with Gasteiger partial charge in [0.25, 0.3) is 0 Å². The highest BCUT2D eigenvalue weighted by atomic mass is 32.1. The maximum atomic E-state index is 4.85. The number of nitrogens with one attached hydrogen (secondary N) is 1. The Bertz CT molecular complexity index is 575. The number of aromatic nitrogens is 1. The van der Waals surface area contributed by atoms with Gasteiger partial charge in [-0.2, -0.15) is 0 Å². The van der Waals surface area contributed by atoms with Crippen LogP contribution < -0.4 is 5.32 Å². The number of nitrogens with zero attached hydrogens (tertiary/aromatic N) is 1. The molecule has 1 aromatic heterocycles. The summed E-state index contributed by atoms with van der Waals surface area (Å²) >= 11 is 1.89. The van der Waals surface area contributed by atoms with E-state index in [9.17, 15) is 0 Å². The van der Waals surface area contributed by atoms with Crippen LogP contribution in [0, 0.1) is 6.92 Å². The summed E-state index contributed by atoms with van der Waals surface area (Å²) < 4.78 is 1.34. The lowest BCUT2D eigenvalue weighted by Gasteiger charge is -2.16. The SMILES string of the molecule is Cc1ccc2sc(C3CC4CCC3N4)nc2c1. The minimum absolute atomic E-state index is 0.673. The number of thiazole rings is 1. The highest BCUT2D eigenvalue weighted by molar-refractivity contribution is 7.18. The van der Waals surface area contributed by atoms with E-state index in [1.165, 1.54) is 40.1 Å². The summed E-state index contributed by atoms with van der Waals surface area (Å²) in [4.78, 5) is 4.85. The second kappa shape index (κ2) is 3.53. The quantitative estimate of drug-likeness (QED) is 0.833. The molecular formula is C14H16N2S. The van der Waals surface area contributed by atoms with Crippen molar-refractivity contribution in [2.75, 3.05) is 0 Å². The first-order valence-electron chi connectivity index (χ1n) is 6.43. The molecule has 1 aromatic carbocycles. The molecule has 3 heteroatoms. The van der Waals surface area contributed by atoms with E-state index in [0.29, 0.717) is 12.0 Å². The second-order valence-electron chi connectivity index (χ2n) is 5.41. The van der Waals surface area contributed by atoms with Crippen LogP contribution in [0.5, 0.6) is 0 Å². The zero-order valence-corrected chi connectivity index (χ0v) is 10.8. The second-order valence-corrected chi connectivity index (χ2v) is 6.48. The number of hydrogen-bond acceptors (Lipinski definition) is 3. The number of benzene rings is 1. The van der Waals surface area contributed by atoms with Gasteiger partial charge in [-0.15, -0.1) is 11.3 Å². The standard InChI is InChI=1S/C14H16N2S/c1-8-2-5-13-12(6-8)16-14(17-13)10-7-9-3-4-11(10)15-9/h2,5-6,9-11,15H,3-4,7H2,1H3. The van der Waals surface area contributed by atoms with E-state index in [0.717, 1.165) is 6.04 Å². The Kier molecular flexibility index (Phi) is 2.08. The molecule has 2 bridgehead atoms. The fraction of sp³-hybridized carbons (Fsp3) is 0.500. The Labute approximate surface area is 105 Å². The van der Waals surface area contributed by atoms with E-state index < -0.39 is 0 Å². The van der Waals surface area contributed by atoms with Gasteiger partial charge in [0.1, 0.15) is 0 Å². The summed E-state index contributed by atoms with van der Waals surface area (Å²) in [5.41, 5.74) is 2.49. The van der Waals surface area contributed by atoms with Gasteiger partial charge in [0.2, 0.25) is 0 Å². The van der Waals surface area contributed by atoms with Gasteiger partial charge in [-0.25, -0.2) is 4.98 Å². The summed E-state index contributed by atoms with van der Waals surface area (Å²) in [7, 11) is 0. The molecule has 1 N–H and O–H groups in total. The van der Waals surface area contributed by atoms with Crippen LogP contribution in [0.2, 0.25) is 0 Å². The number of rotatable bonds is 1. The van der Waals surface area contributed by atoms with E-state index in [4.69, 9.17) is 4.98 Å². The van der Waals surface area contributed by atoms with E-state index >= 15 is 0 Å². The van der Waals surface area contributed by atoms with Crippen LogP contribution in [0.15, 0.2) is 18.2 Å². The Hall–Kier alpha value is -0.930. The third kappa shape index (κ3) is 1.53. The van der Waals surface area contributed by atoms with Crippen LogP contribution in [0.1, 0.15) is 35.8 Å². The largest absolute Gasteiger partial charge is 0.311 e. The molecular weight excluding hydrogens is 228 g/mol. The summed E-state index contributed by atoms with van der Waals surface area (Å²) in [6.07, 6.45) is 4.00. The zero-order chi connectivity index (χ0) is 11.4. The van der Waals surface area contributed by atoms with Crippen LogP contribution in [0.25, 0.3) is 10.2 Å². The third-order valence-corrected chi connectivity index (χ3v) is 5.35. The topological polar surface area (TPSA) is 24.9 Å². The van der Waals surface area contributed by atoms with Crippen molar-refractivity contribution in [1.29, 1.82) is 0 Å². The molecule has 2 saturated heterocycles. The van der Waals surface area contributed by atoms with Gasteiger partial charge in [0, 0.05) is 18.0 Å². The molecule has 88 valence electrons. The van der Waals surface area contributed by atoms with Crippen LogP contribution in [-0.4, -0.2) is 17.1 Å². The average Bonchev–Trinajstić information content (AvgIpc) is 3.01. The lowest BCUT2D eigenvalue weighted by atomic mass is 9.90. The lowest BCUT2D eigenvalue weighted by Crippen LogP contribution is -2.21. The molecule has 3 atom stereocenters. The van der Waals surface area contributed by atoms with Crippen molar-refractivity contribution in [2.45, 2.75) is 44.2 Å². The van der Waals surface area contributed by atoms with E-state index in [1.807, 2.05) is 11.3 Å². The zero-order valence-electron chi connectivity index (χ0n) is 9.94. The van der Waals surface area contributed by atoms with Gasteiger partial charge < -0.3 is 5.32 Å². The molecule has 0 saturated carbocycles.